The number of halogens is 1. The molecular weight excluding hydrogens is 275 g/mol. The minimum Gasteiger partial charge on any atom is -0.478 e. The van der Waals surface area contributed by atoms with Crippen molar-refractivity contribution in [3.63, 3.8) is 0 Å². The number of rotatable bonds is 3. The fraction of sp³-hybridized carbons (Fsp3) is 0.0625. The van der Waals surface area contributed by atoms with Gasteiger partial charge in [-0.05, 0) is 41.5 Å². The molecule has 1 heterocycles. The highest BCUT2D eigenvalue weighted by atomic mass is 19.1. The van der Waals surface area contributed by atoms with Gasteiger partial charge >= 0.3 is 5.97 Å². The molecule has 0 amide bonds. The van der Waals surface area contributed by atoms with Gasteiger partial charge in [-0.25, -0.2) is 9.18 Å². The highest BCUT2D eigenvalue weighted by Gasteiger charge is 2.17. The van der Waals surface area contributed by atoms with Gasteiger partial charge in [-0.15, -0.1) is 0 Å². The van der Waals surface area contributed by atoms with Crippen LogP contribution in [-0.4, -0.2) is 17.9 Å². The number of carboxylic acid groups (broad SMARTS) is 1. The highest BCUT2D eigenvalue weighted by molar-refractivity contribution is 6.20. The summed E-state index contributed by atoms with van der Waals surface area (Å²) in [6.45, 7) is 0.128. The molecule has 0 aliphatic carbocycles. The Hall–Kier alpha value is -2.82. The molecule has 2 aromatic carbocycles. The summed E-state index contributed by atoms with van der Waals surface area (Å²) in [7, 11) is 0. The summed E-state index contributed by atoms with van der Waals surface area (Å²) >= 11 is 0. The number of ether oxygens (including phenoxy) is 2. The van der Waals surface area contributed by atoms with Crippen molar-refractivity contribution in [1.82, 2.24) is 0 Å². The van der Waals surface area contributed by atoms with Gasteiger partial charge in [-0.3, -0.25) is 0 Å². The molecular formula is C16H11FO4. The van der Waals surface area contributed by atoms with Crippen LogP contribution in [0.4, 0.5) is 4.39 Å². The summed E-state index contributed by atoms with van der Waals surface area (Å²) in [6, 6.07) is 10.5. The number of hydrogen-bond acceptors (Lipinski definition) is 3. The second-order valence-electron chi connectivity index (χ2n) is 4.48. The minimum absolute atomic E-state index is 0.0971. The van der Waals surface area contributed by atoms with E-state index in [-0.39, 0.29) is 18.2 Å². The first-order valence-electron chi connectivity index (χ1n) is 6.24. The first-order valence-corrected chi connectivity index (χ1v) is 6.24. The lowest BCUT2D eigenvalue weighted by atomic mass is 10.0. The third-order valence-electron chi connectivity index (χ3n) is 3.09. The zero-order valence-corrected chi connectivity index (χ0v) is 10.9. The van der Waals surface area contributed by atoms with Gasteiger partial charge < -0.3 is 14.6 Å². The van der Waals surface area contributed by atoms with Crippen molar-refractivity contribution in [2.24, 2.45) is 0 Å². The van der Waals surface area contributed by atoms with Crippen molar-refractivity contribution in [1.29, 1.82) is 0 Å². The van der Waals surface area contributed by atoms with Crippen LogP contribution in [0.5, 0.6) is 11.5 Å². The van der Waals surface area contributed by atoms with Gasteiger partial charge in [0.15, 0.2) is 11.5 Å². The second-order valence-corrected chi connectivity index (χ2v) is 4.48. The molecule has 0 radical (unpaired) electrons. The van der Waals surface area contributed by atoms with Crippen LogP contribution in [0, 0.1) is 5.82 Å². The predicted octanol–water partition coefficient (Wildman–Crippen LogP) is 3.18. The molecule has 2 aromatic rings. The molecule has 4 nitrogen and oxygen atoms in total. The molecule has 1 aliphatic heterocycles. The Morgan fingerprint density at radius 1 is 1.10 bits per heavy atom. The molecule has 0 aromatic heterocycles. The van der Waals surface area contributed by atoms with Gasteiger partial charge in [0, 0.05) is 0 Å². The van der Waals surface area contributed by atoms with E-state index in [1.54, 1.807) is 18.2 Å². The first kappa shape index (κ1) is 13.2. The number of carbonyl (C=O) groups is 1. The number of aliphatic carboxylic acids is 1. The average Bonchev–Trinajstić information content (AvgIpc) is 2.93. The van der Waals surface area contributed by atoms with Gasteiger partial charge in [-0.1, -0.05) is 18.2 Å². The SMILES string of the molecule is O=C(O)/C(=C/c1ccc(F)cc1)c1ccc2c(c1)OCO2. The lowest BCUT2D eigenvalue weighted by Gasteiger charge is -2.05. The molecule has 21 heavy (non-hydrogen) atoms. The fourth-order valence-electron chi connectivity index (χ4n) is 2.06. The van der Waals surface area contributed by atoms with E-state index in [9.17, 15) is 14.3 Å². The van der Waals surface area contributed by atoms with Crippen molar-refractivity contribution >= 4 is 17.6 Å². The van der Waals surface area contributed by atoms with Crippen molar-refractivity contribution < 1.29 is 23.8 Å². The van der Waals surface area contributed by atoms with Gasteiger partial charge in [0.1, 0.15) is 5.82 Å². The van der Waals surface area contributed by atoms with Gasteiger partial charge in [-0.2, -0.15) is 0 Å². The predicted molar refractivity (Wildman–Crippen MR) is 74.5 cm³/mol. The molecule has 1 N–H and O–H groups in total. The maximum absolute atomic E-state index is 12.9. The fourth-order valence-corrected chi connectivity index (χ4v) is 2.06. The van der Waals surface area contributed by atoms with Crippen LogP contribution in [0.25, 0.3) is 11.6 Å². The van der Waals surface area contributed by atoms with E-state index >= 15 is 0 Å². The Morgan fingerprint density at radius 3 is 2.52 bits per heavy atom. The van der Waals surface area contributed by atoms with E-state index in [0.29, 0.717) is 22.6 Å². The normalized spacial score (nSPS) is 13.3. The zero-order valence-electron chi connectivity index (χ0n) is 10.9. The Bertz CT molecular complexity index is 720. The highest BCUT2D eigenvalue weighted by Crippen LogP contribution is 2.34. The van der Waals surface area contributed by atoms with Crippen molar-refractivity contribution in [3.8, 4) is 11.5 Å². The van der Waals surface area contributed by atoms with E-state index in [0.717, 1.165) is 0 Å². The summed E-state index contributed by atoms with van der Waals surface area (Å²) < 4.78 is 23.3. The quantitative estimate of drug-likeness (QED) is 0.695. The van der Waals surface area contributed by atoms with Crippen LogP contribution in [0.15, 0.2) is 42.5 Å². The number of fused-ring (bicyclic) bond motifs is 1. The van der Waals surface area contributed by atoms with Crippen LogP contribution < -0.4 is 9.47 Å². The summed E-state index contributed by atoms with van der Waals surface area (Å²) in [4.78, 5) is 11.5. The number of hydrogen-bond donors (Lipinski definition) is 1. The molecule has 0 bridgehead atoms. The average molecular weight is 286 g/mol. The van der Waals surface area contributed by atoms with E-state index in [2.05, 4.69) is 0 Å². The largest absolute Gasteiger partial charge is 0.478 e. The maximum Gasteiger partial charge on any atom is 0.336 e. The Labute approximate surface area is 120 Å². The van der Waals surface area contributed by atoms with Gasteiger partial charge in [0.2, 0.25) is 6.79 Å². The van der Waals surface area contributed by atoms with E-state index in [1.165, 1.54) is 30.3 Å². The summed E-state index contributed by atoms with van der Waals surface area (Å²) in [5, 5.41) is 9.38. The van der Waals surface area contributed by atoms with Crippen LogP contribution >= 0.6 is 0 Å². The number of benzene rings is 2. The zero-order chi connectivity index (χ0) is 14.8. The minimum atomic E-state index is -1.07. The van der Waals surface area contributed by atoms with Crippen LogP contribution in [-0.2, 0) is 4.79 Å². The molecule has 106 valence electrons. The molecule has 0 saturated carbocycles. The standard InChI is InChI=1S/C16H11FO4/c17-12-4-1-10(2-5-12)7-13(16(18)19)11-3-6-14-15(8-11)21-9-20-14/h1-8H,9H2,(H,18,19)/b13-7+. The lowest BCUT2D eigenvalue weighted by molar-refractivity contribution is -0.130. The van der Waals surface area contributed by atoms with E-state index in [4.69, 9.17) is 9.47 Å². The van der Waals surface area contributed by atoms with Crippen LogP contribution in [0.3, 0.4) is 0 Å². The summed E-state index contributed by atoms with van der Waals surface area (Å²) in [5.74, 6) is -0.339. The smallest absolute Gasteiger partial charge is 0.336 e. The Balaban J connectivity index is 2.02. The van der Waals surface area contributed by atoms with Gasteiger partial charge in [0.25, 0.3) is 0 Å². The lowest BCUT2D eigenvalue weighted by Crippen LogP contribution is -1.99. The van der Waals surface area contributed by atoms with E-state index < -0.39 is 5.97 Å². The molecule has 3 rings (SSSR count). The number of carboxylic acids is 1. The summed E-state index contributed by atoms with van der Waals surface area (Å²) in [6.07, 6.45) is 1.49. The van der Waals surface area contributed by atoms with Gasteiger partial charge in [0.05, 0.1) is 5.57 Å². The van der Waals surface area contributed by atoms with Crippen LogP contribution in [0.2, 0.25) is 0 Å². The topological polar surface area (TPSA) is 55.8 Å². The molecule has 0 spiro atoms. The molecule has 0 unspecified atom stereocenters. The molecule has 0 atom stereocenters. The summed E-state index contributed by atoms with van der Waals surface area (Å²) in [5.41, 5.74) is 1.20. The molecule has 5 heteroatoms. The monoisotopic (exact) mass is 286 g/mol. The molecule has 0 saturated heterocycles. The molecule has 1 aliphatic rings. The van der Waals surface area contributed by atoms with Crippen molar-refractivity contribution in [2.45, 2.75) is 0 Å². The first-order chi connectivity index (χ1) is 10.1. The third kappa shape index (κ3) is 2.72. The maximum atomic E-state index is 12.9. The Morgan fingerprint density at radius 2 is 1.81 bits per heavy atom. The van der Waals surface area contributed by atoms with Crippen molar-refractivity contribution in [3.05, 3.63) is 59.4 Å². The Kier molecular flexibility index (Phi) is 3.31. The van der Waals surface area contributed by atoms with E-state index in [1.807, 2.05) is 0 Å². The third-order valence-corrected chi connectivity index (χ3v) is 3.09. The van der Waals surface area contributed by atoms with Crippen LogP contribution in [0.1, 0.15) is 11.1 Å². The molecule has 0 fully saturated rings. The van der Waals surface area contributed by atoms with Crippen molar-refractivity contribution in [2.75, 3.05) is 6.79 Å². The second kappa shape index (κ2) is 5.28.